The maximum atomic E-state index is 11.8. The second-order valence-electron chi connectivity index (χ2n) is 6.83. The van der Waals surface area contributed by atoms with E-state index in [0.29, 0.717) is 0 Å². The summed E-state index contributed by atoms with van der Waals surface area (Å²) in [6.45, 7) is 4.00. The Balaban J connectivity index is 1.70. The first-order valence-electron chi connectivity index (χ1n) is 8.80. The molecule has 0 unspecified atom stereocenters. The van der Waals surface area contributed by atoms with Gasteiger partial charge in [-0.2, -0.15) is 0 Å². The summed E-state index contributed by atoms with van der Waals surface area (Å²) >= 11 is 0. The molecule has 128 valence electrons. The standard InChI is InChI=1S/C20H27N3O/c1-21(15-17-10-13-22(2)20(24)14-17)16-18-8-4-5-9-19(18)23-11-6-3-7-12-23/h4-5,8-10,13-14H,3,6-7,11-12,15-16H2,1-2H3. The zero-order valence-electron chi connectivity index (χ0n) is 14.7. The Morgan fingerprint density at radius 2 is 1.79 bits per heavy atom. The Bertz CT molecular complexity index is 732. The van der Waals surface area contributed by atoms with Crippen LogP contribution in [0.15, 0.2) is 47.4 Å². The molecule has 1 aromatic heterocycles. The molecule has 1 aliphatic rings. The van der Waals surface area contributed by atoms with Gasteiger partial charge in [0, 0.05) is 51.2 Å². The van der Waals surface area contributed by atoms with Crippen LogP contribution in [-0.2, 0) is 20.1 Å². The van der Waals surface area contributed by atoms with E-state index >= 15 is 0 Å². The monoisotopic (exact) mass is 325 g/mol. The fraction of sp³-hybridized carbons (Fsp3) is 0.450. The third-order valence-electron chi connectivity index (χ3n) is 4.75. The molecule has 1 saturated heterocycles. The third-order valence-corrected chi connectivity index (χ3v) is 4.75. The topological polar surface area (TPSA) is 28.5 Å². The molecule has 4 nitrogen and oxygen atoms in total. The molecule has 4 heteroatoms. The minimum Gasteiger partial charge on any atom is -0.371 e. The van der Waals surface area contributed by atoms with E-state index < -0.39 is 0 Å². The minimum atomic E-state index is 0.0506. The number of anilines is 1. The maximum absolute atomic E-state index is 11.8. The number of rotatable bonds is 5. The summed E-state index contributed by atoms with van der Waals surface area (Å²) in [7, 11) is 3.90. The molecular weight excluding hydrogens is 298 g/mol. The van der Waals surface area contributed by atoms with Crippen LogP contribution in [0.1, 0.15) is 30.4 Å². The van der Waals surface area contributed by atoms with Crippen molar-refractivity contribution in [3.63, 3.8) is 0 Å². The van der Waals surface area contributed by atoms with Crippen LogP contribution in [-0.4, -0.2) is 29.6 Å². The Labute approximate surface area is 144 Å². The molecule has 0 atom stereocenters. The summed E-state index contributed by atoms with van der Waals surface area (Å²) in [5, 5.41) is 0. The maximum Gasteiger partial charge on any atom is 0.250 e. The lowest BCUT2D eigenvalue weighted by Crippen LogP contribution is -2.31. The molecule has 1 aliphatic heterocycles. The van der Waals surface area contributed by atoms with Gasteiger partial charge in [0.1, 0.15) is 0 Å². The molecule has 0 spiro atoms. The number of pyridine rings is 1. The lowest BCUT2D eigenvalue weighted by molar-refractivity contribution is 0.318. The molecule has 1 fully saturated rings. The van der Waals surface area contributed by atoms with Crippen molar-refractivity contribution in [2.24, 2.45) is 7.05 Å². The van der Waals surface area contributed by atoms with Crippen LogP contribution in [0.2, 0.25) is 0 Å². The molecule has 0 amide bonds. The van der Waals surface area contributed by atoms with Crippen molar-refractivity contribution in [3.8, 4) is 0 Å². The van der Waals surface area contributed by atoms with Gasteiger partial charge in [0.05, 0.1) is 0 Å². The van der Waals surface area contributed by atoms with Gasteiger partial charge in [-0.1, -0.05) is 18.2 Å². The first kappa shape index (κ1) is 16.8. The molecule has 0 N–H and O–H groups in total. The normalized spacial score (nSPS) is 15.0. The van der Waals surface area contributed by atoms with Gasteiger partial charge in [-0.25, -0.2) is 0 Å². The number of aromatic nitrogens is 1. The molecule has 24 heavy (non-hydrogen) atoms. The number of aryl methyl sites for hydroxylation is 1. The first-order valence-corrected chi connectivity index (χ1v) is 8.80. The van der Waals surface area contributed by atoms with E-state index in [9.17, 15) is 4.79 Å². The van der Waals surface area contributed by atoms with Gasteiger partial charge in [-0.3, -0.25) is 9.69 Å². The largest absolute Gasteiger partial charge is 0.371 e. The van der Waals surface area contributed by atoms with E-state index in [1.165, 1.54) is 30.5 Å². The van der Waals surface area contributed by atoms with Crippen molar-refractivity contribution in [3.05, 3.63) is 64.1 Å². The van der Waals surface area contributed by atoms with Crippen LogP contribution in [0, 0.1) is 0 Å². The lowest BCUT2D eigenvalue weighted by atomic mass is 10.1. The van der Waals surface area contributed by atoms with Gasteiger partial charge in [-0.05, 0) is 49.6 Å². The zero-order chi connectivity index (χ0) is 16.9. The summed E-state index contributed by atoms with van der Waals surface area (Å²) < 4.78 is 1.61. The summed E-state index contributed by atoms with van der Waals surface area (Å²) in [5.41, 5.74) is 3.85. The molecule has 0 radical (unpaired) electrons. The lowest BCUT2D eigenvalue weighted by Gasteiger charge is -2.31. The second kappa shape index (κ2) is 7.67. The fourth-order valence-electron chi connectivity index (χ4n) is 3.43. The van der Waals surface area contributed by atoms with E-state index in [4.69, 9.17) is 0 Å². The Hall–Kier alpha value is -2.07. The van der Waals surface area contributed by atoms with Crippen molar-refractivity contribution in [2.45, 2.75) is 32.4 Å². The quantitative estimate of drug-likeness (QED) is 0.846. The number of benzene rings is 1. The highest BCUT2D eigenvalue weighted by atomic mass is 16.1. The van der Waals surface area contributed by atoms with Gasteiger partial charge in [0.15, 0.2) is 0 Å². The van der Waals surface area contributed by atoms with Crippen LogP contribution in [0.5, 0.6) is 0 Å². The SMILES string of the molecule is CN(Cc1ccn(C)c(=O)c1)Cc1ccccc1N1CCCCC1. The summed E-state index contributed by atoms with van der Waals surface area (Å²) in [5.74, 6) is 0. The molecule has 2 heterocycles. The van der Waals surface area contributed by atoms with E-state index in [-0.39, 0.29) is 5.56 Å². The van der Waals surface area contributed by atoms with Crippen LogP contribution in [0.4, 0.5) is 5.69 Å². The molecule has 1 aromatic carbocycles. The van der Waals surface area contributed by atoms with Gasteiger partial charge in [-0.15, -0.1) is 0 Å². The van der Waals surface area contributed by atoms with Crippen molar-refractivity contribution in [1.82, 2.24) is 9.47 Å². The highest BCUT2D eigenvalue weighted by Gasteiger charge is 2.15. The van der Waals surface area contributed by atoms with E-state index in [1.807, 2.05) is 12.3 Å². The summed E-state index contributed by atoms with van der Waals surface area (Å²) in [4.78, 5) is 16.6. The predicted octanol–water partition coefficient (Wildman–Crippen LogP) is 3.01. The Morgan fingerprint density at radius 1 is 1.04 bits per heavy atom. The average Bonchev–Trinajstić information content (AvgIpc) is 2.59. The average molecular weight is 325 g/mol. The highest BCUT2D eigenvalue weighted by Crippen LogP contribution is 2.25. The first-order chi connectivity index (χ1) is 11.6. The van der Waals surface area contributed by atoms with Gasteiger partial charge >= 0.3 is 0 Å². The van der Waals surface area contributed by atoms with Crippen LogP contribution < -0.4 is 10.5 Å². The van der Waals surface area contributed by atoms with E-state index in [2.05, 4.69) is 41.1 Å². The molecule has 0 bridgehead atoms. The Kier molecular flexibility index (Phi) is 5.36. The number of hydrogen-bond acceptors (Lipinski definition) is 3. The van der Waals surface area contributed by atoms with E-state index in [1.54, 1.807) is 17.7 Å². The number of hydrogen-bond donors (Lipinski definition) is 0. The van der Waals surface area contributed by atoms with Gasteiger partial charge in [0.2, 0.25) is 0 Å². The third kappa shape index (κ3) is 4.06. The fourth-order valence-corrected chi connectivity index (χ4v) is 3.43. The zero-order valence-corrected chi connectivity index (χ0v) is 14.7. The molecule has 3 rings (SSSR count). The van der Waals surface area contributed by atoms with E-state index in [0.717, 1.165) is 31.7 Å². The second-order valence-corrected chi connectivity index (χ2v) is 6.83. The predicted molar refractivity (Wildman–Crippen MR) is 99.4 cm³/mol. The Morgan fingerprint density at radius 3 is 2.54 bits per heavy atom. The summed E-state index contributed by atoms with van der Waals surface area (Å²) in [6.07, 6.45) is 5.77. The summed E-state index contributed by atoms with van der Waals surface area (Å²) in [6, 6.07) is 12.5. The van der Waals surface area contributed by atoms with Gasteiger partial charge in [0.25, 0.3) is 5.56 Å². The van der Waals surface area contributed by atoms with Crippen molar-refractivity contribution >= 4 is 5.69 Å². The van der Waals surface area contributed by atoms with Crippen molar-refractivity contribution in [1.29, 1.82) is 0 Å². The molecule has 0 aliphatic carbocycles. The van der Waals surface area contributed by atoms with Gasteiger partial charge < -0.3 is 9.47 Å². The number of nitrogens with zero attached hydrogens (tertiary/aromatic N) is 3. The molecular formula is C20H27N3O. The van der Waals surface area contributed by atoms with Crippen LogP contribution in [0.25, 0.3) is 0 Å². The van der Waals surface area contributed by atoms with Crippen molar-refractivity contribution < 1.29 is 0 Å². The van der Waals surface area contributed by atoms with Crippen LogP contribution in [0.3, 0.4) is 0 Å². The highest BCUT2D eigenvalue weighted by molar-refractivity contribution is 5.53. The molecule has 0 saturated carbocycles. The smallest absolute Gasteiger partial charge is 0.250 e. The van der Waals surface area contributed by atoms with Crippen molar-refractivity contribution in [2.75, 3.05) is 25.0 Å². The number of para-hydroxylation sites is 1. The van der Waals surface area contributed by atoms with Crippen LogP contribution >= 0.6 is 0 Å². The molecule has 2 aromatic rings. The number of piperidine rings is 1. The minimum absolute atomic E-state index is 0.0506.